The Kier molecular flexibility index (Phi) is 28.5. The van der Waals surface area contributed by atoms with Crippen molar-refractivity contribution in [3.63, 3.8) is 0 Å². The van der Waals surface area contributed by atoms with E-state index < -0.39 is 244 Å². The number of nitrogens with one attached hydrogen (secondary N) is 9. The predicted octanol–water partition coefficient (Wildman–Crippen LogP) is -4.01. The molecule has 1 aromatic carbocycles. The van der Waals surface area contributed by atoms with Crippen LogP contribution in [0.1, 0.15) is 115 Å². The molecule has 5 aliphatic rings. The molecule has 0 spiro atoms. The number of hydrogen-bond acceptors (Lipinski definition) is 19. The van der Waals surface area contributed by atoms with Crippen molar-refractivity contribution >= 4 is 118 Å². The number of carbonyl (C=O) groups is 16. The SMILES string of the molecule is CC(C)C[C@@H]1NC(=O)[C@@H]2CSCc3ccccc3CSC[C@H](NC(=O)[C@H](CCC(N)=O)NC(=O)[C@@H]3CCCN3C(=O)[C@H]3CCCN3C1=O)C(=O)N[C@@H](CC(=O)O)C(=O)N1C[C@@H](F)C[C@H]1C(=O)N[C@@H](CCC(=O)O)C(=O)N[C@@H]([C@@H](C)O)C(=O)NCC(=O)N[C@@H](CCC(=O)O)C(=O)N2. The summed E-state index contributed by atoms with van der Waals surface area (Å²) in [5.41, 5.74) is 6.75. The molecule has 13 atom stereocenters. The number of carboxylic acids is 3. The van der Waals surface area contributed by atoms with Gasteiger partial charge in [0.15, 0.2) is 0 Å². The van der Waals surface area contributed by atoms with Crippen LogP contribution in [-0.2, 0) is 88.2 Å². The maximum atomic E-state index is 15.6. The van der Waals surface area contributed by atoms with E-state index in [4.69, 9.17) is 5.73 Å². The highest BCUT2D eigenvalue weighted by Gasteiger charge is 2.47. The van der Waals surface area contributed by atoms with Crippen LogP contribution in [0.2, 0.25) is 0 Å². The number of carboxylic acid groups (broad SMARTS) is 3. The third-order valence-electron chi connectivity index (χ3n) is 16.7. The third-order valence-corrected chi connectivity index (χ3v) is 18.8. The first-order valence-corrected chi connectivity index (χ1v) is 33.8. The van der Waals surface area contributed by atoms with Crippen molar-refractivity contribution < 1.29 is 102 Å². The molecule has 0 unspecified atom stereocenters. The molecule has 0 radical (unpaired) electrons. The zero-order valence-electron chi connectivity index (χ0n) is 53.2. The van der Waals surface area contributed by atoms with E-state index in [1.165, 1.54) is 9.80 Å². The van der Waals surface area contributed by atoms with Crippen LogP contribution in [0, 0.1) is 5.92 Å². The van der Waals surface area contributed by atoms with Gasteiger partial charge < -0.3 is 88.7 Å². The van der Waals surface area contributed by atoms with Gasteiger partial charge in [-0.25, -0.2) is 4.39 Å². The molecule has 33 nitrogen and oxygen atoms in total. The van der Waals surface area contributed by atoms with Gasteiger partial charge in [-0.15, -0.1) is 0 Å². The van der Waals surface area contributed by atoms with Crippen molar-refractivity contribution in [1.29, 1.82) is 0 Å². The zero-order chi connectivity index (χ0) is 70.7. The van der Waals surface area contributed by atoms with Gasteiger partial charge in [0.1, 0.15) is 72.6 Å². The summed E-state index contributed by atoms with van der Waals surface area (Å²) in [6, 6.07) is -11.6. The van der Waals surface area contributed by atoms with E-state index in [9.17, 15) is 97.1 Å². The van der Waals surface area contributed by atoms with Gasteiger partial charge in [0.25, 0.3) is 0 Å². The lowest BCUT2D eigenvalue weighted by Gasteiger charge is -2.34. The van der Waals surface area contributed by atoms with E-state index in [-0.39, 0.29) is 61.9 Å². The molecule has 0 aliphatic carbocycles. The molecule has 6 rings (SSSR count). The van der Waals surface area contributed by atoms with Crippen LogP contribution in [0.25, 0.3) is 0 Å². The normalized spacial score (nSPS) is 28.2. The summed E-state index contributed by atoms with van der Waals surface area (Å²) in [7, 11) is 0. The summed E-state index contributed by atoms with van der Waals surface area (Å²) >= 11 is 2.13. The van der Waals surface area contributed by atoms with E-state index in [1.54, 1.807) is 38.1 Å². The molecule has 13 amide bonds. The van der Waals surface area contributed by atoms with Crippen molar-refractivity contribution in [3.05, 3.63) is 35.4 Å². The van der Waals surface area contributed by atoms with Crippen molar-refractivity contribution in [2.45, 2.75) is 194 Å². The number of nitrogens with two attached hydrogens (primary N) is 1. The van der Waals surface area contributed by atoms with E-state index in [0.29, 0.717) is 22.4 Å². The number of carbonyl (C=O) groups excluding carboxylic acids is 13. The second kappa shape index (κ2) is 35.9. The lowest BCUT2D eigenvalue weighted by molar-refractivity contribution is -0.148. The number of fused-ring (bicyclic) bond motifs is 9. The molecule has 0 aromatic heterocycles. The fourth-order valence-electron chi connectivity index (χ4n) is 11.7. The Labute approximate surface area is 559 Å². The van der Waals surface area contributed by atoms with E-state index in [1.807, 2.05) is 0 Å². The molecule has 15 N–H and O–H groups in total. The van der Waals surface area contributed by atoms with Gasteiger partial charge in [0.2, 0.25) is 76.8 Å². The Balaban J connectivity index is 1.50. The predicted molar refractivity (Wildman–Crippen MR) is 337 cm³/mol. The van der Waals surface area contributed by atoms with Crippen molar-refractivity contribution in [1.82, 2.24) is 62.6 Å². The van der Waals surface area contributed by atoms with Crippen molar-refractivity contribution in [2.75, 3.05) is 37.7 Å². The van der Waals surface area contributed by atoms with Crippen LogP contribution in [0.4, 0.5) is 4.39 Å². The quantitative estimate of drug-likeness (QED) is 0.0844. The molecular formula is C60H84FN13O20S2. The first kappa shape index (κ1) is 76.3. The molecule has 1 aromatic rings. The first-order valence-electron chi connectivity index (χ1n) is 31.5. The number of benzene rings is 1. The molecule has 3 saturated heterocycles. The molecule has 2 bridgehead atoms. The zero-order valence-corrected chi connectivity index (χ0v) is 54.8. The third kappa shape index (κ3) is 21.9. The summed E-state index contributed by atoms with van der Waals surface area (Å²) in [6.45, 7) is 2.73. The van der Waals surface area contributed by atoms with Gasteiger partial charge in [0, 0.05) is 61.8 Å². The number of aliphatic hydroxyl groups excluding tert-OH is 1. The molecule has 3 fully saturated rings. The summed E-state index contributed by atoms with van der Waals surface area (Å²) in [4.78, 5) is 225. The standard InChI is InChI=1S/C60H84FN13O20S2/c1-29(2)20-37-58(92)73-19-7-11-42(73)60(94)72-18-6-10-41(72)55(89)65-35(12-15-44(62)76)51(85)70-40-28-96-26-32-9-5-4-8-31(32)25-95-27-39(53(87)67-37)69-50(84)34(13-16-46(78)79)64-45(77)23-63-57(91)49(30(3)75)71-52(86)36(14-17-47(80)81)66-56(90)43-21-33(61)24-74(43)59(93)38(22-48(82)83)68-54(40)88/h4-5,8-9,29-30,33-43,49,75H,6-7,10-28H2,1-3H3,(H2,62,76)(H,63,91)(H,64,77)(H,65,89)(H,66,90)(H,67,87)(H,68,88)(H,69,84)(H,70,85)(H,71,86)(H,78,79)(H,80,81)(H,82,83)/t30-,33+,34+,35+,36+,37+,38+,39+,40+,41+,42-,43+,49+/m1/s1. The number of aliphatic hydroxyl groups is 1. The Morgan fingerprint density at radius 1 is 0.552 bits per heavy atom. The molecule has 5 aliphatic heterocycles. The van der Waals surface area contributed by atoms with Crippen molar-refractivity contribution in [2.24, 2.45) is 11.7 Å². The van der Waals surface area contributed by atoms with Crippen LogP contribution in [0.15, 0.2) is 24.3 Å². The summed E-state index contributed by atoms with van der Waals surface area (Å²) < 4.78 is 15.6. The minimum Gasteiger partial charge on any atom is -0.481 e. The fourth-order valence-corrected chi connectivity index (χ4v) is 13.9. The number of aliphatic carboxylic acids is 3. The van der Waals surface area contributed by atoms with Crippen LogP contribution in [0.3, 0.4) is 0 Å². The fraction of sp³-hybridized carbons (Fsp3) is 0.633. The monoisotopic (exact) mass is 1390 g/mol. The molecule has 528 valence electrons. The second-order valence-electron chi connectivity index (χ2n) is 24.5. The smallest absolute Gasteiger partial charge is 0.305 e. The highest BCUT2D eigenvalue weighted by Crippen LogP contribution is 2.29. The number of halogens is 1. The summed E-state index contributed by atoms with van der Waals surface area (Å²) in [5, 5.41) is 61.9. The van der Waals surface area contributed by atoms with E-state index in [2.05, 4.69) is 47.9 Å². The maximum absolute atomic E-state index is 15.6. The lowest BCUT2D eigenvalue weighted by Crippen LogP contribution is -2.61. The van der Waals surface area contributed by atoms with Gasteiger partial charge >= 0.3 is 17.9 Å². The van der Waals surface area contributed by atoms with Crippen LogP contribution >= 0.6 is 23.5 Å². The van der Waals surface area contributed by atoms with Crippen LogP contribution in [-0.4, -0.2) is 246 Å². The number of nitrogens with zero attached hydrogens (tertiary/aromatic N) is 3. The molecular weight excluding hydrogens is 1310 g/mol. The number of hydrogen-bond donors (Lipinski definition) is 14. The molecule has 36 heteroatoms. The Hall–Kier alpha value is -8.67. The van der Waals surface area contributed by atoms with Crippen LogP contribution in [0.5, 0.6) is 0 Å². The minimum absolute atomic E-state index is 0.0121. The number of amides is 13. The number of thioether (sulfide) groups is 2. The number of primary amides is 1. The summed E-state index contributed by atoms with van der Waals surface area (Å²) in [5.74, 6) is -19.2. The lowest BCUT2D eigenvalue weighted by atomic mass is 10.0. The first-order chi connectivity index (χ1) is 45.4. The Morgan fingerprint density at radius 3 is 1.53 bits per heavy atom. The van der Waals surface area contributed by atoms with E-state index >= 15 is 4.39 Å². The molecule has 96 heavy (non-hydrogen) atoms. The largest absolute Gasteiger partial charge is 0.481 e. The highest BCUT2D eigenvalue weighted by atomic mass is 32.2. The highest BCUT2D eigenvalue weighted by molar-refractivity contribution is 7.99. The number of rotatable bonds is 14. The van der Waals surface area contributed by atoms with Gasteiger partial charge in [-0.1, -0.05) is 38.1 Å². The average molecular weight is 1390 g/mol. The van der Waals surface area contributed by atoms with E-state index in [0.717, 1.165) is 30.4 Å². The number of alkyl halides is 1. The van der Waals surface area contributed by atoms with Gasteiger partial charge in [-0.05, 0) is 75.3 Å². The average Bonchev–Trinajstić information content (AvgIpc) is 1.63. The second-order valence-corrected chi connectivity index (χ2v) is 26.6. The van der Waals surface area contributed by atoms with Crippen LogP contribution < -0.4 is 53.6 Å². The van der Waals surface area contributed by atoms with Gasteiger partial charge in [-0.3, -0.25) is 76.7 Å². The molecule has 5 heterocycles. The Morgan fingerprint density at radius 2 is 1.02 bits per heavy atom. The maximum Gasteiger partial charge on any atom is 0.305 e. The summed E-state index contributed by atoms with van der Waals surface area (Å²) in [6.07, 6.45) is -8.87. The topological polar surface area (TPSA) is 498 Å². The minimum atomic E-state index is -2.13. The Bertz CT molecular complexity index is 3130. The van der Waals surface area contributed by atoms with Gasteiger partial charge in [0.05, 0.1) is 25.6 Å². The van der Waals surface area contributed by atoms with Crippen molar-refractivity contribution in [3.8, 4) is 0 Å². The van der Waals surface area contributed by atoms with Gasteiger partial charge in [-0.2, -0.15) is 23.5 Å². The molecule has 0 saturated carbocycles.